The topological polar surface area (TPSA) is 85.2 Å². The molecule has 7 nitrogen and oxygen atoms in total. The Hall–Kier alpha value is -3.00. The number of likely N-dealkylation sites (tertiary alicyclic amines) is 1. The van der Waals surface area contributed by atoms with Crippen LogP contribution in [-0.4, -0.2) is 46.8 Å². The van der Waals surface area contributed by atoms with Crippen molar-refractivity contribution in [2.45, 2.75) is 36.6 Å². The lowest BCUT2D eigenvalue weighted by Crippen LogP contribution is -2.39. The van der Waals surface area contributed by atoms with Crippen LogP contribution in [0, 0.1) is 0 Å². The number of pyridine rings is 1. The minimum absolute atomic E-state index is 0.0307. The first-order valence-corrected chi connectivity index (χ1v) is 12.2. The number of hydrogen-bond donors (Lipinski definition) is 0. The number of aryl methyl sites for hydroxylation is 1. The minimum Gasteiger partial charge on any atom is -0.334 e. The number of rotatable bonds is 5. The van der Waals surface area contributed by atoms with E-state index in [-0.39, 0.29) is 23.3 Å². The number of carbonyl (C=O) groups is 1. The Balaban J connectivity index is 1.59. The molecule has 8 heteroatoms. The maximum Gasteiger partial charge on any atom is 0.227 e. The molecule has 1 amide bonds. The molecule has 31 heavy (non-hydrogen) atoms. The number of benzene rings is 1. The van der Waals surface area contributed by atoms with Crippen LogP contribution in [0.2, 0.25) is 0 Å². The highest BCUT2D eigenvalue weighted by atomic mass is 32.2. The lowest BCUT2D eigenvalue weighted by atomic mass is 9.94. The number of sulfone groups is 1. The van der Waals surface area contributed by atoms with Crippen LogP contribution in [0.3, 0.4) is 0 Å². The van der Waals surface area contributed by atoms with Crippen LogP contribution in [0.5, 0.6) is 0 Å². The Morgan fingerprint density at radius 2 is 1.81 bits per heavy atom. The van der Waals surface area contributed by atoms with Crippen LogP contribution >= 0.6 is 0 Å². The molecule has 1 atom stereocenters. The summed E-state index contributed by atoms with van der Waals surface area (Å²) in [6.07, 6.45) is 9.80. The van der Waals surface area contributed by atoms with E-state index in [1.807, 2.05) is 30.3 Å². The molecule has 3 aromatic rings. The van der Waals surface area contributed by atoms with Crippen LogP contribution in [0.25, 0.3) is 11.1 Å². The molecule has 1 saturated heterocycles. The number of nitrogens with zero attached hydrogens (tertiary/aromatic N) is 4. The van der Waals surface area contributed by atoms with E-state index < -0.39 is 9.84 Å². The lowest BCUT2D eigenvalue weighted by molar-refractivity contribution is -0.134. The van der Waals surface area contributed by atoms with Gasteiger partial charge in [-0.25, -0.2) is 8.42 Å². The third kappa shape index (κ3) is 4.69. The summed E-state index contributed by atoms with van der Waals surface area (Å²) in [7, 11) is -1.36. The van der Waals surface area contributed by atoms with Crippen molar-refractivity contribution in [1.82, 2.24) is 19.7 Å². The smallest absolute Gasteiger partial charge is 0.227 e. The first-order chi connectivity index (χ1) is 14.8. The summed E-state index contributed by atoms with van der Waals surface area (Å²) in [4.78, 5) is 19.5. The largest absolute Gasteiger partial charge is 0.334 e. The molecule has 0 N–H and O–H groups in total. The van der Waals surface area contributed by atoms with Gasteiger partial charge in [0.05, 0.1) is 23.1 Å². The molecule has 162 valence electrons. The summed E-state index contributed by atoms with van der Waals surface area (Å²) in [6.45, 7) is 0.692. The van der Waals surface area contributed by atoms with Gasteiger partial charge >= 0.3 is 0 Å². The van der Waals surface area contributed by atoms with E-state index in [4.69, 9.17) is 5.10 Å². The molecule has 4 rings (SSSR count). The molecule has 1 aromatic carbocycles. The highest BCUT2D eigenvalue weighted by Gasteiger charge is 2.31. The molecule has 0 bridgehead atoms. The van der Waals surface area contributed by atoms with Crippen molar-refractivity contribution >= 4 is 15.7 Å². The Labute approximate surface area is 182 Å². The molecule has 0 spiro atoms. The summed E-state index contributed by atoms with van der Waals surface area (Å²) < 4.78 is 25.2. The number of carbonyl (C=O) groups excluding carboxylic acids is 1. The fraction of sp³-hybridized carbons (Fsp3) is 0.348. The third-order valence-electron chi connectivity index (χ3n) is 5.69. The van der Waals surface area contributed by atoms with Crippen molar-refractivity contribution in [3.63, 3.8) is 0 Å². The van der Waals surface area contributed by atoms with Gasteiger partial charge in [0.1, 0.15) is 0 Å². The number of piperidine rings is 1. The second-order valence-electron chi connectivity index (χ2n) is 8.03. The summed E-state index contributed by atoms with van der Waals surface area (Å²) in [5.41, 5.74) is 3.77. The van der Waals surface area contributed by atoms with Crippen LogP contribution in [0.15, 0.2) is 59.9 Å². The van der Waals surface area contributed by atoms with E-state index in [2.05, 4.69) is 4.98 Å². The molecule has 0 saturated carbocycles. The fourth-order valence-corrected chi connectivity index (χ4v) is 4.78. The second-order valence-corrected chi connectivity index (χ2v) is 10.0. The number of aromatic nitrogens is 3. The standard InChI is InChI=1S/C23H26N4O3S/c1-26-16-20(18-10-12-24-13-11-18)23(25-26)21-5-3-4-14-27(21)22(28)15-17-6-8-19(9-7-17)31(2,29)30/h6-13,16,21H,3-5,14-15H2,1-2H3. The second kappa shape index (κ2) is 8.63. The van der Waals surface area contributed by atoms with E-state index in [1.165, 1.54) is 6.26 Å². The van der Waals surface area contributed by atoms with Crippen molar-refractivity contribution in [1.29, 1.82) is 0 Å². The SMILES string of the molecule is Cn1cc(-c2ccncc2)c(C2CCCCN2C(=O)Cc2ccc(S(C)(=O)=O)cc2)n1. The molecule has 1 aliphatic rings. The molecule has 3 heterocycles. The molecule has 1 fully saturated rings. The van der Waals surface area contributed by atoms with E-state index in [9.17, 15) is 13.2 Å². The van der Waals surface area contributed by atoms with Gasteiger partial charge < -0.3 is 4.90 Å². The van der Waals surface area contributed by atoms with Crippen molar-refractivity contribution < 1.29 is 13.2 Å². The van der Waals surface area contributed by atoms with Crippen molar-refractivity contribution in [3.8, 4) is 11.1 Å². The van der Waals surface area contributed by atoms with Gasteiger partial charge in [-0.15, -0.1) is 0 Å². The van der Waals surface area contributed by atoms with Crippen molar-refractivity contribution in [2.24, 2.45) is 7.05 Å². The zero-order valence-electron chi connectivity index (χ0n) is 17.7. The fourth-order valence-electron chi connectivity index (χ4n) is 4.15. The summed E-state index contributed by atoms with van der Waals surface area (Å²) in [5, 5.41) is 4.72. The average molecular weight is 439 g/mol. The molecule has 0 radical (unpaired) electrons. The maximum atomic E-state index is 13.3. The monoisotopic (exact) mass is 438 g/mol. The van der Waals surface area contributed by atoms with Gasteiger partial charge in [-0.2, -0.15) is 5.10 Å². The average Bonchev–Trinajstić information content (AvgIpc) is 3.15. The normalized spacial score (nSPS) is 17.0. The maximum absolute atomic E-state index is 13.3. The third-order valence-corrected chi connectivity index (χ3v) is 6.82. The van der Waals surface area contributed by atoms with Gasteiger partial charge in [-0.1, -0.05) is 12.1 Å². The van der Waals surface area contributed by atoms with Crippen molar-refractivity contribution in [2.75, 3.05) is 12.8 Å². The Kier molecular flexibility index (Phi) is 5.91. The van der Waals surface area contributed by atoms with Gasteiger partial charge in [0.15, 0.2) is 9.84 Å². The molecular weight excluding hydrogens is 412 g/mol. The predicted octanol–water partition coefficient (Wildman–Crippen LogP) is 3.18. The molecule has 1 unspecified atom stereocenters. The zero-order chi connectivity index (χ0) is 22.0. The van der Waals surface area contributed by atoms with E-state index >= 15 is 0 Å². The number of amides is 1. The summed E-state index contributed by atoms with van der Waals surface area (Å²) in [6, 6.07) is 10.4. The van der Waals surface area contributed by atoms with Gasteiger partial charge in [0, 0.05) is 44.0 Å². The summed E-state index contributed by atoms with van der Waals surface area (Å²) >= 11 is 0. The first kappa shape index (κ1) is 21.2. The Morgan fingerprint density at radius 3 is 2.48 bits per heavy atom. The van der Waals surface area contributed by atoms with E-state index in [1.54, 1.807) is 41.3 Å². The van der Waals surface area contributed by atoms with Gasteiger partial charge in [0.25, 0.3) is 0 Å². The van der Waals surface area contributed by atoms with E-state index in [0.717, 1.165) is 41.6 Å². The number of hydrogen-bond acceptors (Lipinski definition) is 5. The Bertz CT molecular complexity index is 1170. The predicted molar refractivity (Wildman–Crippen MR) is 118 cm³/mol. The highest BCUT2D eigenvalue weighted by Crippen LogP contribution is 2.36. The van der Waals surface area contributed by atoms with Crippen molar-refractivity contribution in [3.05, 3.63) is 66.2 Å². The zero-order valence-corrected chi connectivity index (χ0v) is 18.5. The minimum atomic E-state index is -3.25. The van der Waals surface area contributed by atoms with Crippen LogP contribution < -0.4 is 0 Å². The Morgan fingerprint density at radius 1 is 1.10 bits per heavy atom. The van der Waals surface area contributed by atoms with Gasteiger partial charge in [-0.05, 0) is 54.7 Å². The van der Waals surface area contributed by atoms with Gasteiger partial charge in [0.2, 0.25) is 5.91 Å². The molecule has 2 aromatic heterocycles. The van der Waals surface area contributed by atoms with E-state index in [0.29, 0.717) is 6.54 Å². The van der Waals surface area contributed by atoms with Crippen LogP contribution in [0.4, 0.5) is 0 Å². The quantitative estimate of drug-likeness (QED) is 0.611. The van der Waals surface area contributed by atoms with Crippen LogP contribution in [0.1, 0.15) is 36.6 Å². The first-order valence-electron chi connectivity index (χ1n) is 10.4. The lowest BCUT2D eigenvalue weighted by Gasteiger charge is -2.35. The van der Waals surface area contributed by atoms with Gasteiger partial charge in [-0.3, -0.25) is 14.5 Å². The summed E-state index contributed by atoms with van der Waals surface area (Å²) in [5.74, 6) is 0.0307. The van der Waals surface area contributed by atoms with Crippen LogP contribution in [-0.2, 0) is 28.1 Å². The molecule has 1 aliphatic heterocycles. The molecule has 0 aliphatic carbocycles. The molecular formula is C23H26N4O3S. The highest BCUT2D eigenvalue weighted by molar-refractivity contribution is 7.90.